The van der Waals surface area contributed by atoms with E-state index in [1.807, 2.05) is 19.1 Å². The highest BCUT2D eigenvalue weighted by Crippen LogP contribution is 2.18. The van der Waals surface area contributed by atoms with Gasteiger partial charge in [0, 0.05) is 0 Å². The zero-order valence-electron chi connectivity index (χ0n) is 11.3. The molecule has 96 valence electrons. The van der Waals surface area contributed by atoms with Gasteiger partial charge < -0.3 is 9.84 Å². The fourth-order valence-electron chi connectivity index (χ4n) is 0.945. The average molecular weight is 238 g/mol. The highest BCUT2D eigenvalue weighted by Gasteiger charge is 2.29. The Morgan fingerprint density at radius 3 is 2.00 bits per heavy atom. The van der Waals surface area contributed by atoms with E-state index in [1.165, 1.54) is 20.3 Å². The molecule has 0 heterocycles. The molecule has 17 heavy (non-hydrogen) atoms. The van der Waals surface area contributed by atoms with Crippen LogP contribution in [0, 0.1) is 6.92 Å². The quantitative estimate of drug-likeness (QED) is 0.874. The largest absolute Gasteiger partial charge is 0.478 e. The fraction of sp³-hybridized carbons (Fsp3) is 0.500. The highest BCUT2D eigenvalue weighted by atomic mass is 16.5. The van der Waals surface area contributed by atoms with Crippen molar-refractivity contribution in [2.24, 2.45) is 0 Å². The molecule has 0 amide bonds. The molecule has 0 unspecified atom stereocenters. The summed E-state index contributed by atoms with van der Waals surface area (Å²) >= 11 is 0. The van der Waals surface area contributed by atoms with Crippen LogP contribution in [0.3, 0.4) is 0 Å². The van der Waals surface area contributed by atoms with Gasteiger partial charge in [-0.3, -0.25) is 0 Å². The fourth-order valence-corrected chi connectivity index (χ4v) is 0.945. The summed E-state index contributed by atoms with van der Waals surface area (Å²) in [6.45, 7) is 9.26. The van der Waals surface area contributed by atoms with Crippen molar-refractivity contribution in [2.75, 3.05) is 0 Å². The number of ether oxygens (including phenoxy) is 1. The lowest BCUT2D eigenvalue weighted by Crippen LogP contribution is -2.37. The molecule has 1 aromatic rings. The first-order chi connectivity index (χ1) is 7.83. The lowest BCUT2D eigenvalue weighted by atomic mass is 10.1. The first-order valence-electron chi connectivity index (χ1n) is 5.82. The van der Waals surface area contributed by atoms with Crippen LogP contribution in [0.5, 0.6) is 5.75 Å². The zero-order chi connectivity index (χ0) is 13.5. The third kappa shape index (κ3) is 5.95. The van der Waals surface area contributed by atoms with E-state index in [4.69, 9.17) is 9.84 Å². The first kappa shape index (κ1) is 15.5. The standard InChI is InChI=1S/C11H14O3.C3H8/c1-8-4-6-9(7-5-8)14-11(2,3)10(12)13;1-3-2/h4-7H,1-3H3,(H,12,13);3H2,1-2H3. The van der Waals surface area contributed by atoms with E-state index in [1.54, 1.807) is 12.1 Å². The molecule has 0 aromatic heterocycles. The van der Waals surface area contributed by atoms with Gasteiger partial charge in [-0.2, -0.15) is 0 Å². The van der Waals surface area contributed by atoms with E-state index >= 15 is 0 Å². The summed E-state index contributed by atoms with van der Waals surface area (Å²) in [6.07, 6.45) is 1.25. The third-order valence-corrected chi connectivity index (χ3v) is 1.91. The smallest absolute Gasteiger partial charge is 0.347 e. The number of rotatable bonds is 3. The van der Waals surface area contributed by atoms with E-state index in [0.717, 1.165) is 5.56 Å². The van der Waals surface area contributed by atoms with E-state index < -0.39 is 11.6 Å². The summed E-state index contributed by atoms with van der Waals surface area (Å²) < 4.78 is 5.32. The lowest BCUT2D eigenvalue weighted by molar-refractivity contribution is -0.152. The molecule has 1 rings (SSSR count). The molecular weight excluding hydrogens is 216 g/mol. The van der Waals surface area contributed by atoms with Gasteiger partial charge in [0.15, 0.2) is 5.60 Å². The zero-order valence-corrected chi connectivity index (χ0v) is 11.3. The van der Waals surface area contributed by atoms with E-state index in [9.17, 15) is 4.79 Å². The van der Waals surface area contributed by atoms with Crippen molar-refractivity contribution in [3.05, 3.63) is 29.8 Å². The van der Waals surface area contributed by atoms with Gasteiger partial charge in [-0.25, -0.2) is 4.79 Å². The number of hydrogen-bond acceptors (Lipinski definition) is 2. The van der Waals surface area contributed by atoms with Crippen molar-refractivity contribution in [1.29, 1.82) is 0 Å². The maximum absolute atomic E-state index is 10.8. The SMILES string of the molecule is CCC.Cc1ccc(OC(C)(C)C(=O)O)cc1. The maximum Gasteiger partial charge on any atom is 0.347 e. The molecule has 0 fully saturated rings. The van der Waals surface area contributed by atoms with Gasteiger partial charge in [0.25, 0.3) is 0 Å². The molecule has 3 nitrogen and oxygen atoms in total. The van der Waals surface area contributed by atoms with Gasteiger partial charge in [-0.15, -0.1) is 0 Å². The Morgan fingerprint density at radius 2 is 1.65 bits per heavy atom. The van der Waals surface area contributed by atoms with E-state index in [-0.39, 0.29) is 0 Å². The third-order valence-electron chi connectivity index (χ3n) is 1.91. The molecule has 0 spiro atoms. The van der Waals surface area contributed by atoms with Gasteiger partial charge in [-0.1, -0.05) is 38.0 Å². The Balaban J connectivity index is 0.000000770. The molecule has 0 aliphatic rings. The first-order valence-corrected chi connectivity index (χ1v) is 5.82. The molecule has 0 saturated heterocycles. The Kier molecular flexibility index (Phi) is 6.33. The van der Waals surface area contributed by atoms with Crippen LogP contribution in [0.15, 0.2) is 24.3 Å². The van der Waals surface area contributed by atoms with Crippen LogP contribution in [0.25, 0.3) is 0 Å². The van der Waals surface area contributed by atoms with Crippen molar-refractivity contribution in [3.8, 4) is 5.75 Å². The van der Waals surface area contributed by atoms with Gasteiger partial charge in [-0.05, 0) is 32.9 Å². The topological polar surface area (TPSA) is 46.5 Å². The molecule has 1 aromatic carbocycles. The minimum atomic E-state index is -1.19. The normalized spacial score (nSPS) is 10.2. The van der Waals surface area contributed by atoms with Crippen LogP contribution >= 0.6 is 0 Å². The molecule has 0 radical (unpaired) electrons. The van der Waals surface area contributed by atoms with Gasteiger partial charge in [0.05, 0.1) is 0 Å². The molecule has 1 N–H and O–H groups in total. The summed E-state index contributed by atoms with van der Waals surface area (Å²) in [6, 6.07) is 7.29. The van der Waals surface area contributed by atoms with E-state index in [0.29, 0.717) is 5.75 Å². The average Bonchev–Trinajstić information content (AvgIpc) is 2.22. The van der Waals surface area contributed by atoms with Crippen LogP contribution in [-0.4, -0.2) is 16.7 Å². The number of aliphatic carboxylic acids is 1. The second-order valence-electron chi connectivity index (χ2n) is 4.44. The van der Waals surface area contributed by atoms with Crippen LogP contribution in [0.4, 0.5) is 0 Å². The minimum absolute atomic E-state index is 0.572. The Labute approximate surface area is 103 Å². The second kappa shape index (κ2) is 6.94. The van der Waals surface area contributed by atoms with Crippen molar-refractivity contribution >= 4 is 5.97 Å². The second-order valence-corrected chi connectivity index (χ2v) is 4.44. The molecule has 3 heteroatoms. The summed E-state index contributed by atoms with van der Waals surface area (Å²) in [5.74, 6) is -0.402. The number of benzene rings is 1. The maximum atomic E-state index is 10.8. The summed E-state index contributed by atoms with van der Waals surface area (Å²) in [4.78, 5) is 10.8. The van der Waals surface area contributed by atoms with Crippen LogP contribution in [-0.2, 0) is 4.79 Å². The molecule has 0 aliphatic carbocycles. The Morgan fingerprint density at radius 1 is 1.24 bits per heavy atom. The van der Waals surface area contributed by atoms with Crippen LogP contribution in [0.2, 0.25) is 0 Å². The number of carboxylic acids is 1. The lowest BCUT2D eigenvalue weighted by Gasteiger charge is -2.21. The summed E-state index contributed by atoms with van der Waals surface area (Å²) in [7, 11) is 0. The van der Waals surface area contributed by atoms with Crippen LogP contribution in [0.1, 0.15) is 39.7 Å². The highest BCUT2D eigenvalue weighted by molar-refractivity contribution is 5.76. The van der Waals surface area contributed by atoms with Gasteiger partial charge in [0.1, 0.15) is 5.75 Å². The van der Waals surface area contributed by atoms with Crippen molar-refractivity contribution in [2.45, 2.75) is 46.6 Å². The predicted octanol–water partition coefficient (Wildman–Crippen LogP) is 3.65. The number of hydrogen-bond donors (Lipinski definition) is 1. The van der Waals surface area contributed by atoms with Gasteiger partial charge in [0.2, 0.25) is 0 Å². The van der Waals surface area contributed by atoms with Crippen molar-refractivity contribution < 1.29 is 14.6 Å². The summed E-state index contributed by atoms with van der Waals surface area (Å²) in [5, 5.41) is 8.83. The minimum Gasteiger partial charge on any atom is -0.478 e. The van der Waals surface area contributed by atoms with Gasteiger partial charge >= 0.3 is 5.97 Å². The predicted molar refractivity (Wildman–Crippen MR) is 69.5 cm³/mol. The molecule has 0 bridgehead atoms. The van der Waals surface area contributed by atoms with E-state index in [2.05, 4.69) is 13.8 Å². The number of carbonyl (C=O) groups is 1. The van der Waals surface area contributed by atoms with Crippen molar-refractivity contribution in [3.63, 3.8) is 0 Å². The van der Waals surface area contributed by atoms with Crippen molar-refractivity contribution in [1.82, 2.24) is 0 Å². The molecule has 0 saturated carbocycles. The Bertz CT molecular complexity index is 339. The number of aryl methyl sites for hydroxylation is 1. The molecule has 0 atom stereocenters. The molecule has 0 aliphatic heterocycles. The monoisotopic (exact) mass is 238 g/mol. The molecular formula is C14H22O3. The summed E-state index contributed by atoms with van der Waals surface area (Å²) in [5.41, 5.74) is -0.0691. The van der Waals surface area contributed by atoms with Crippen LogP contribution < -0.4 is 4.74 Å². The Hall–Kier alpha value is -1.51. The number of carboxylic acid groups (broad SMARTS) is 1.